The smallest absolute Gasteiger partial charge is 0.233 e. The number of aromatic nitrogens is 2. The highest BCUT2D eigenvalue weighted by molar-refractivity contribution is 5.60. The molecule has 0 aliphatic rings. The van der Waals surface area contributed by atoms with Crippen LogP contribution in [0.15, 0.2) is 36.7 Å². The van der Waals surface area contributed by atoms with E-state index in [0.717, 1.165) is 18.5 Å². The van der Waals surface area contributed by atoms with Crippen molar-refractivity contribution in [3.63, 3.8) is 0 Å². The van der Waals surface area contributed by atoms with Crippen molar-refractivity contribution in [3.05, 3.63) is 48.0 Å². The van der Waals surface area contributed by atoms with Crippen LogP contribution in [0.25, 0.3) is 11.4 Å². The maximum atomic E-state index is 12.7. The van der Waals surface area contributed by atoms with Gasteiger partial charge in [-0.3, -0.25) is 0 Å². The third-order valence-corrected chi connectivity index (χ3v) is 2.09. The van der Waals surface area contributed by atoms with Gasteiger partial charge < -0.3 is 0 Å². The molecule has 0 aliphatic carbocycles. The first kappa shape index (κ1) is 11.5. The van der Waals surface area contributed by atoms with Crippen LogP contribution in [0.1, 0.15) is 5.56 Å². The van der Waals surface area contributed by atoms with Gasteiger partial charge in [0, 0.05) is 5.56 Å². The van der Waals surface area contributed by atoms with Gasteiger partial charge in [-0.25, -0.2) is 14.4 Å². The summed E-state index contributed by atoms with van der Waals surface area (Å²) in [4.78, 5) is 7.07. The van der Waals surface area contributed by atoms with Gasteiger partial charge in [0.2, 0.25) is 0 Å². The molecule has 88 valence electrons. The number of benzene rings is 1. The normalized spacial score (nSPS) is 11.5. The molecule has 0 aliphatic heterocycles. The molecule has 2 nitrogen and oxygen atoms in total. The summed E-state index contributed by atoms with van der Waals surface area (Å²) in [5, 5.41) is 0. The Balaban J connectivity index is 2.56. The first-order valence-corrected chi connectivity index (χ1v) is 4.62. The molecule has 2 aromatic rings. The second-order valence-electron chi connectivity index (χ2n) is 3.27. The maximum Gasteiger partial charge on any atom is 0.417 e. The first-order chi connectivity index (χ1) is 7.98. The Labute approximate surface area is 94.0 Å². The van der Waals surface area contributed by atoms with Crippen molar-refractivity contribution in [2.24, 2.45) is 0 Å². The predicted molar refractivity (Wildman–Crippen MR) is 52.4 cm³/mol. The summed E-state index contributed by atoms with van der Waals surface area (Å²) >= 11 is 0. The Kier molecular flexibility index (Phi) is 2.79. The van der Waals surface area contributed by atoms with Crippen LogP contribution >= 0.6 is 0 Å². The fourth-order valence-electron chi connectivity index (χ4n) is 1.38. The van der Waals surface area contributed by atoms with E-state index in [1.165, 1.54) is 18.2 Å². The maximum absolute atomic E-state index is 12.7. The van der Waals surface area contributed by atoms with Gasteiger partial charge in [0.05, 0.1) is 18.0 Å². The van der Waals surface area contributed by atoms with Crippen molar-refractivity contribution in [2.75, 3.05) is 0 Å². The lowest BCUT2D eigenvalue weighted by Gasteiger charge is -2.11. The van der Waals surface area contributed by atoms with E-state index in [0.29, 0.717) is 0 Å². The monoisotopic (exact) mass is 242 g/mol. The Morgan fingerprint density at radius 1 is 0.941 bits per heavy atom. The number of nitrogens with zero attached hydrogens (tertiary/aromatic N) is 2. The van der Waals surface area contributed by atoms with E-state index in [1.807, 2.05) is 0 Å². The van der Waals surface area contributed by atoms with Crippen LogP contribution in [0.3, 0.4) is 0 Å². The third kappa shape index (κ3) is 2.41. The van der Waals surface area contributed by atoms with Gasteiger partial charge in [-0.2, -0.15) is 13.2 Å². The zero-order valence-electron chi connectivity index (χ0n) is 8.37. The van der Waals surface area contributed by atoms with Crippen LogP contribution in [0.5, 0.6) is 0 Å². The number of halogens is 4. The van der Waals surface area contributed by atoms with Gasteiger partial charge in [0.15, 0.2) is 11.6 Å². The number of rotatable bonds is 1. The van der Waals surface area contributed by atoms with Gasteiger partial charge in [0.1, 0.15) is 0 Å². The van der Waals surface area contributed by atoms with E-state index < -0.39 is 17.6 Å². The fourth-order valence-corrected chi connectivity index (χ4v) is 1.38. The van der Waals surface area contributed by atoms with Crippen LogP contribution < -0.4 is 0 Å². The van der Waals surface area contributed by atoms with Gasteiger partial charge >= 0.3 is 6.18 Å². The van der Waals surface area contributed by atoms with E-state index in [1.54, 1.807) is 0 Å². The van der Waals surface area contributed by atoms with E-state index in [9.17, 15) is 17.6 Å². The van der Waals surface area contributed by atoms with E-state index in [2.05, 4.69) is 9.97 Å². The average molecular weight is 242 g/mol. The van der Waals surface area contributed by atoms with Crippen LogP contribution in [0.2, 0.25) is 0 Å². The van der Waals surface area contributed by atoms with Crippen LogP contribution in [0.4, 0.5) is 17.6 Å². The summed E-state index contributed by atoms with van der Waals surface area (Å²) in [6, 6.07) is 4.89. The van der Waals surface area contributed by atoms with Crippen molar-refractivity contribution in [3.8, 4) is 11.4 Å². The predicted octanol–water partition coefficient (Wildman–Crippen LogP) is 3.30. The highest BCUT2D eigenvalue weighted by atomic mass is 19.4. The molecule has 0 radical (unpaired) electrons. The molecule has 0 saturated carbocycles. The van der Waals surface area contributed by atoms with E-state index in [-0.39, 0.29) is 11.4 Å². The minimum atomic E-state index is -4.49. The molecular weight excluding hydrogens is 236 g/mol. The van der Waals surface area contributed by atoms with Gasteiger partial charge in [0.25, 0.3) is 0 Å². The van der Waals surface area contributed by atoms with Gasteiger partial charge in [-0.05, 0) is 6.07 Å². The molecule has 1 heterocycles. The summed E-state index contributed by atoms with van der Waals surface area (Å²) in [6.07, 6.45) is -2.83. The van der Waals surface area contributed by atoms with Crippen molar-refractivity contribution in [1.29, 1.82) is 0 Å². The Hall–Kier alpha value is -1.98. The Bertz CT molecular complexity index is 520. The summed E-state index contributed by atoms with van der Waals surface area (Å²) in [5.41, 5.74) is -1.01. The van der Waals surface area contributed by atoms with Crippen LogP contribution in [-0.2, 0) is 6.18 Å². The van der Waals surface area contributed by atoms with Crippen LogP contribution in [0, 0.1) is 5.82 Å². The minimum Gasteiger partial charge on any atom is -0.233 e. The lowest BCUT2D eigenvalue weighted by molar-refractivity contribution is -0.137. The quantitative estimate of drug-likeness (QED) is 0.717. The molecule has 0 bridgehead atoms. The number of alkyl halides is 3. The molecule has 0 atom stereocenters. The van der Waals surface area contributed by atoms with Gasteiger partial charge in [-0.15, -0.1) is 0 Å². The van der Waals surface area contributed by atoms with Crippen molar-refractivity contribution < 1.29 is 17.6 Å². The molecule has 0 spiro atoms. The Morgan fingerprint density at radius 2 is 1.53 bits per heavy atom. The van der Waals surface area contributed by atoms with Crippen molar-refractivity contribution in [1.82, 2.24) is 9.97 Å². The minimum absolute atomic E-state index is 0.153. The molecule has 2 rings (SSSR count). The first-order valence-electron chi connectivity index (χ1n) is 4.62. The molecule has 6 heteroatoms. The molecule has 1 aromatic carbocycles. The summed E-state index contributed by atoms with van der Waals surface area (Å²) in [5.74, 6) is -0.849. The van der Waals surface area contributed by atoms with Crippen molar-refractivity contribution >= 4 is 0 Å². The second-order valence-corrected chi connectivity index (χ2v) is 3.27. The molecular formula is C11H6F4N2. The number of hydrogen-bond acceptors (Lipinski definition) is 2. The molecule has 0 saturated heterocycles. The largest absolute Gasteiger partial charge is 0.417 e. The summed E-state index contributed by atoms with van der Waals surface area (Å²) in [6.45, 7) is 0. The molecule has 0 N–H and O–H groups in total. The zero-order chi connectivity index (χ0) is 12.5. The molecule has 1 aromatic heterocycles. The van der Waals surface area contributed by atoms with Crippen molar-refractivity contribution in [2.45, 2.75) is 6.18 Å². The summed E-state index contributed by atoms with van der Waals surface area (Å²) in [7, 11) is 0. The third-order valence-electron chi connectivity index (χ3n) is 2.09. The molecule has 17 heavy (non-hydrogen) atoms. The summed E-state index contributed by atoms with van der Waals surface area (Å²) < 4.78 is 50.6. The lowest BCUT2D eigenvalue weighted by Crippen LogP contribution is -2.07. The zero-order valence-corrected chi connectivity index (χ0v) is 8.37. The van der Waals surface area contributed by atoms with E-state index >= 15 is 0 Å². The topological polar surface area (TPSA) is 25.8 Å². The highest BCUT2D eigenvalue weighted by Crippen LogP contribution is 2.35. The SMILES string of the molecule is Fc1cnc(-c2ccccc2C(F)(F)F)nc1. The van der Waals surface area contributed by atoms with Gasteiger partial charge in [-0.1, -0.05) is 18.2 Å². The fraction of sp³-hybridized carbons (Fsp3) is 0.0909. The molecule has 0 unspecified atom stereocenters. The van der Waals surface area contributed by atoms with E-state index in [4.69, 9.17) is 0 Å². The highest BCUT2D eigenvalue weighted by Gasteiger charge is 2.33. The Morgan fingerprint density at radius 3 is 2.12 bits per heavy atom. The molecule has 0 fully saturated rings. The standard InChI is InChI=1S/C11H6F4N2/c12-7-5-16-10(17-6-7)8-3-1-2-4-9(8)11(13,14)15/h1-6H. The van der Waals surface area contributed by atoms with Crippen LogP contribution in [-0.4, -0.2) is 9.97 Å². The molecule has 0 amide bonds. The average Bonchev–Trinajstić information content (AvgIpc) is 2.29. The second kappa shape index (κ2) is 4.12. The number of hydrogen-bond donors (Lipinski definition) is 0. The lowest BCUT2D eigenvalue weighted by atomic mass is 10.1.